The summed E-state index contributed by atoms with van der Waals surface area (Å²) in [5.74, 6) is -0.380. The van der Waals surface area contributed by atoms with Crippen molar-refractivity contribution in [3.05, 3.63) is 53.4 Å². The molecule has 0 saturated carbocycles. The van der Waals surface area contributed by atoms with Gasteiger partial charge in [-0.05, 0) is 26.0 Å². The second kappa shape index (κ2) is 7.31. The molecule has 8 heteroatoms. The number of rotatable bonds is 5. The molecule has 0 aliphatic rings. The number of fused-ring (bicyclic) bond motifs is 3. The minimum Gasteiger partial charge on any atom is -0.495 e. The number of carbonyl (C=O) groups is 2. The van der Waals surface area contributed by atoms with Gasteiger partial charge in [-0.1, -0.05) is 23.4 Å². The van der Waals surface area contributed by atoms with E-state index in [-0.39, 0.29) is 5.56 Å². The smallest absolute Gasteiger partial charge is 0.344 e. The summed E-state index contributed by atoms with van der Waals surface area (Å²) in [5, 5.41) is 8.21. The highest BCUT2D eigenvalue weighted by Crippen LogP contribution is 2.36. The molecular formula is C21H18N2O6. The predicted octanol–water partition coefficient (Wildman–Crippen LogP) is 3.99. The van der Waals surface area contributed by atoms with Gasteiger partial charge in [0, 0.05) is 16.8 Å². The maximum absolute atomic E-state index is 12.3. The topological polar surface area (TPSA) is 104 Å². The molecule has 4 aromatic rings. The quantitative estimate of drug-likeness (QED) is 0.510. The number of methoxy groups -OCH3 is 1. The van der Waals surface area contributed by atoms with Gasteiger partial charge in [-0.2, -0.15) is 0 Å². The SMILES string of the molecule is COc1cc2c(cc1NC(=O)COC(=O)c1c(C)noc1C)oc1ccccc12. The molecule has 0 unspecified atom stereocenters. The van der Waals surface area contributed by atoms with Crippen LogP contribution in [-0.2, 0) is 9.53 Å². The molecule has 29 heavy (non-hydrogen) atoms. The fourth-order valence-electron chi connectivity index (χ4n) is 3.18. The minimum absolute atomic E-state index is 0.221. The van der Waals surface area contributed by atoms with Crippen molar-refractivity contribution in [2.24, 2.45) is 0 Å². The van der Waals surface area contributed by atoms with Crippen LogP contribution in [-0.4, -0.2) is 30.7 Å². The summed E-state index contributed by atoms with van der Waals surface area (Å²) in [6, 6.07) is 11.1. The number of benzene rings is 2. The summed E-state index contributed by atoms with van der Waals surface area (Å²) in [5.41, 5.74) is 2.39. The Labute approximate surface area is 165 Å². The maximum Gasteiger partial charge on any atom is 0.344 e. The highest BCUT2D eigenvalue weighted by Gasteiger charge is 2.20. The fraction of sp³-hybridized carbons (Fsp3) is 0.190. The third kappa shape index (κ3) is 3.40. The second-order valence-electron chi connectivity index (χ2n) is 6.47. The van der Waals surface area contributed by atoms with E-state index in [1.165, 1.54) is 7.11 Å². The Morgan fingerprint density at radius 2 is 1.90 bits per heavy atom. The number of hydrogen-bond donors (Lipinski definition) is 1. The highest BCUT2D eigenvalue weighted by atomic mass is 16.5. The van der Waals surface area contributed by atoms with Crippen molar-refractivity contribution in [2.45, 2.75) is 13.8 Å². The molecule has 2 aromatic carbocycles. The van der Waals surface area contributed by atoms with Crippen LogP contribution in [0.25, 0.3) is 21.9 Å². The molecule has 0 spiro atoms. The summed E-state index contributed by atoms with van der Waals surface area (Å²) >= 11 is 0. The number of nitrogens with one attached hydrogen (secondary N) is 1. The Morgan fingerprint density at radius 1 is 1.10 bits per heavy atom. The van der Waals surface area contributed by atoms with Crippen LogP contribution in [0.3, 0.4) is 0 Å². The number of carbonyl (C=O) groups excluding carboxylic acids is 2. The zero-order valence-corrected chi connectivity index (χ0v) is 16.1. The number of para-hydroxylation sites is 1. The summed E-state index contributed by atoms with van der Waals surface area (Å²) < 4.78 is 21.3. The predicted molar refractivity (Wildman–Crippen MR) is 105 cm³/mol. The Balaban J connectivity index is 1.53. The first-order valence-electron chi connectivity index (χ1n) is 8.87. The second-order valence-corrected chi connectivity index (χ2v) is 6.47. The van der Waals surface area contributed by atoms with E-state index in [2.05, 4.69) is 10.5 Å². The monoisotopic (exact) mass is 394 g/mol. The van der Waals surface area contributed by atoms with Crippen LogP contribution in [0.15, 0.2) is 45.3 Å². The number of ether oxygens (including phenoxy) is 2. The molecule has 2 aromatic heterocycles. The van der Waals surface area contributed by atoms with Crippen LogP contribution < -0.4 is 10.1 Å². The van der Waals surface area contributed by atoms with Gasteiger partial charge >= 0.3 is 5.97 Å². The molecule has 0 aliphatic carbocycles. The molecule has 1 amide bonds. The van der Waals surface area contributed by atoms with Crippen molar-refractivity contribution in [1.29, 1.82) is 0 Å². The number of aromatic nitrogens is 1. The molecule has 0 saturated heterocycles. The van der Waals surface area contributed by atoms with E-state index in [1.807, 2.05) is 24.3 Å². The number of anilines is 1. The summed E-state index contributed by atoms with van der Waals surface area (Å²) in [4.78, 5) is 24.5. The van der Waals surface area contributed by atoms with Crippen molar-refractivity contribution in [2.75, 3.05) is 19.0 Å². The van der Waals surface area contributed by atoms with Gasteiger partial charge < -0.3 is 23.7 Å². The van der Waals surface area contributed by atoms with Crippen molar-refractivity contribution in [3.8, 4) is 5.75 Å². The van der Waals surface area contributed by atoms with Gasteiger partial charge in [0.1, 0.15) is 28.2 Å². The molecular weight excluding hydrogens is 376 g/mol. The number of esters is 1. The van der Waals surface area contributed by atoms with Gasteiger partial charge in [-0.3, -0.25) is 4.79 Å². The summed E-state index contributed by atoms with van der Waals surface area (Å²) in [6.07, 6.45) is 0. The lowest BCUT2D eigenvalue weighted by Gasteiger charge is -2.10. The van der Waals surface area contributed by atoms with Gasteiger partial charge in [0.25, 0.3) is 5.91 Å². The molecule has 148 valence electrons. The van der Waals surface area contributed by atoms with Crippen LogP contribution in [0.1, 0.15) is 21.8 Å². The molecule has 0 radical (unpaired) electrons. The number of furan rings is 1. The van der Waals surface area contributed by atoms with E-state index in [0.717, 1.165) is 16.4 Å². The zero-order chi connectivity index (χ0) is 20.5. The van der Waals surface area contributed by atoms with Crippen molar-refractivity contribution < 1.29 is 28.0 Å². The Morgan fingerprint density at radius 3 is 2.62 bits per heavy atom. The normalized spacial score (nSPS) is 11.0. The first kappa shape index (κ1) is 18.5. The molecule has 0 atom stereocenters. The molecule has 0 fully saturated rings. The lowest BCUT2D eigenvalue weighted by atomic mass is 10.1. The van der Waals surface area contributed by atoms with Gasteiger partial charge in [-0.25, -0.2) is 4.79 Å². The number of hydrogen-bond acceptors (Lipinski definition) is 7. The van der Waals surface area contributed by atoms with E-state index in [4.69, 9.17) is 18.4 Å². The van der Waals surface area contributed by atoms with E-state index >= 15 is 0 Å². The van der Waals surface area contributed by atoms with Crippen LogP contribution in [0.4, 0.5) is 5.69 Å². The molecule has 0 bridgehead atoms. The number of nitrogens with zero attached hydrogens (tertiary/aromatic N) is 1. The molecule has 1 N–H and O–H groups in total. The number of aryl methyl sites for hydroxylation is 2. The average molecular weight is 394 g/mol. The largest absolute Gasteiger partial charge is 0.495 e. The van der Waals surface area contributed by atoms with E-state index in [1.54, 1.807) is 26.0 Å². The van der Waals surface area contributed by atoms with Crippen molar-refractivity contribution in [3.63, 3.8) is 0 Å². The highest BCUT2D eigenvalue weighted by molar-refractivity contribution is 6.08. The molecule has 2 heterocycles. The van der Waals surface area contributed by atoms with E-state index in [0.29, 0.717) is 28.5 Å². The fourth-order valence-corrected chi connectivity index (χ4v) is 3.18. The van der Waals surface area contributed by atoms with E-state index < -0.39 is 18.5 Å². The van der Waals surface area contributed by atoms with Crippen LogP contribution in [0.5, 0.6) is 5.75 Å². The molecule has 4 rings (SSSR count). The molecule has 0 aliphatic heterocycles. The Hall–Kier alpha value is -3.81. The van der Waals surface area contributed by atoms with Gasteiger partial charge in [-0.15, -0.1) is 0 Å². The van der Waals surface area contributed by atoms with Gasteiger partial charge in [0.05, 0.1) is 18.5 Å². The summed E-state index contributed by atoms with van der Waals surface area (Å²) in [7, 11) is 1.51. The van der Waals surface area contributed by atoms with Crippen molar-refractivity contribution in [1.82, 2.24) is 5.16 Å². The van der Waals surface area contributed by atoms with Gasteiger partial charge in [0.15, 0.2) is 6.61 Å². The standard InChI is InChI=1S/C21H18N2O6/c1-11-20(12(2)29-23-11)21(25)27-10-19(24)22-15-9-17-14(8-18(15)26-3)13-6-4-5-7-16(13)28-17/h4-9H,10H2,1-3H3,(H,22,24). The minimum atomic E-state index is -0.670. The Kier molecular flexibility index (Phi) is 4.67. The first-order chi connectivity index (χ1) is 14.0. The summed E-state index contributed by atoms with van der Waals surface area (Å²) in [6.45, 7) is 2.76. The third-order valence-electron chi connectivity index (χ3n) is 4.54. The average Bonchev–Trinajstić information content (AvgIpc) is 3.24. The van der Waals surface area contributed by atoms with Crippen molar-refractivity contribution >= 4 is 39.5 Å². The van der Waals surface area contributed by atoms with E-state index in [9.17, 15) is 9.59 Å². The lowest BCUT2D eigenvalue weighted by Crippen LogP contribution is -2.21. The van der Waals surface area contributed by atoms with Crippen LogP contribution in [0, 0.1) is 13.8 Å². The zero-order valence-electron chi connectivity index (χ0n) is 16.1. The first-order valence-corrected chi connectivity index (χ1v) is 8.87. The lowest BCUT2D eigenvalue weighted by molar-refractivity contribution is -0.119. The Bertz CT molecular complexity index is 1220. The van der Waals surface area contributed by atoms with Gasteiger partial charge in [0.2, 0.25) is 0 Å². The van der Waals surface area contributed by atoms with Crippen LogP contribution >= 0.6 is 0 Å². The van der Waals surface area contributed by atoms with Crippen LogP contribution in [0.2, 0.25) is 0 Å². The number of amides is 1. The molecule has 8 nitrogen and oxygen atoms in total. The third-order valence-corrected chi connectivity index (χ3v) is 4.54. The maximum atomic E-state index is 12.3.